The molecule has 6 nitrogen and oxygen atoms in total. The molecule has 0 bridgehead atoms. The molecule has 3 aromatic carbocycles. The third kappa shape index (κ3) is 6.16. The summed E-state index contributed by atoms with van der Waals surface area (Å²) in [5.74, 6) is 0.218. The Morgan fingerprint density at radius 2 is 1.52 bits per heavy atom. The summed E-state index contributed by atoms with van der Waals surface area (Å²) in [6.45, 7) is 2.80. The second-order valence-electron chi connectivity index (χ2n) is 6.79. The molecule has 0 spiro atoms. The Morgan fingerprint density at radius 3 is 2.13 bits per heavy atom. The maximum Gasteiger partial charge on any atom is 0.255 e. The molecule has 0 aliphatic heterocycles. The topological polar surface area (TPSA) is 76.7 Å². The lowest BCUT2D eigenvalue weighted by Gasteiger charge is -2.11. The number of anilines is 2. The minimum absolute atomic E-state index is 0.174. The molecule has 2 amide bonds. The number of carbonyl (C=O) groups excluding carboxylic acids is 2. The minimum atomic E-state index is -0.249. The predicted molar refractivity (Wildman–Crippen MR) is 125 cm³/mol. The van der Waals surface area contributed by atoms with Crippen LogP contribution in [0.4, 0.5) is 11.4 Å². The fourth-order valence-electron chi connectivity index (χ4n) is 2.86. The van der Waals surface area contributed by atoms with Gasteiger partial charge in [0.25, 0.3) is 11.8 Å². The molecule has 0 saturated carbocycles. The molecule has 7 heteroatoms. The molecule has 0 unspecified atom stereocenters. The Morgan fingerprint density at radius 1 is 0.871 bits per heavy atom. The van der Waals surface area contributed by atoms with Gasteiger partial charge in [-0.1, -0.05) is 18.2 Å². The quantitative estimate of drug-likeness (QED) is 0.427. The maximum absolute atomic E-state index is 12.6. The highest BCUT2D eigenvalue weighted by Crippen LogP contribution is 2.26. The van der Waals surface area contributed by atoms with E-state index in [1.165, 1.54) is 0 Å². The number of amides is 2. The van der Waals surface area contributed by atoms with Crippen LogP contribution in [-0.2, 0) is 4.74 Å². The Kier molecular flexibility index (Phi) is 7.81. The van der Waals surface area contributed by atoms with Crippen molar-refractivity contribution in [2.24, 2.45) is 0 Å². The zero-order chi connectivity index (χ0) is 22.2. The van der Waals surface area contributed by atoms with Crippen LogP contribution in [0, 0.1) is 6.92 Å². The van der Waals surface area contributed by atoms with E-state index in [0.717, 1.165) is 5.56 Å². The molecule has 0 saturated heterocycles. The normalized spacial score (nSPS) is 10.4. The third-order valence-corrected chi connectivity index (χ3v) is 5.15. The first-order valence-corrected chi connectivity index (χ1v) is 10.5. The molecule has 0 heterocycles. The van der Waals surface area contributed by atoms with Crippen molar-refractivity contribution in [3.05, 3.63) is 87.9 Å². The van der Waals surface area contributed by atoms with E-state index < -0.39 is 0 Å². The molecule has 31 heavy (non-hydrogen) atoms. The summed E-state index contributed by atoms with van der Waals surface area (Å²) in [4.78, 5) is 25.0. The van der Waals surface area contributed by atoms with Crippen LogP contribution in [0.25, 0.3) is 0 Å². The van der Waals surface area contributed by atoms with Crippen LogP contribution in [0.3, 0.4) is 0 Å². The SMILES string of the molecule is COCCOc1ccc(C(=O)Nc2ccc(NC(=O)c3ccccc3C)cc2)cc1Br. The highest BCUT2D eigenvalue weighted by Gasteiger charge is 2.11. The van der Waals surface area contributed by atoms with Crippen molar-refractivity contribution in [2.75, 3.05) is 31.0 Å². The Labute approximate surface area is 189 Å². The average molecular weight is 483 g/mol. The second-order valence-corrected chi connectivity index (χ2v) is 7.64. The summed E-state index contributed by atoms with van der Waals surface area (Å²) in [6, 6.07) is 19.5. The lowest BCUT2D eigenvalue weighted by molar-refractivity contribution is 0.101. The van der Waals surface area contributed by atoms with E-state index in [2.05, 4.69) is 26.6 Å². The van der Waals surface area contributed by atoms with E-state index in [1.54, 1.807) is 55.6 Å². The van der Waals surface area contributed by atoms with Gasteiger partial charge in [-0.2, -0.15) is 0 Å². The van der Waals surface area contributed by atoms with Gasteiger partial charge in [0.15, 0.2) is 0 Å². The monoisotopic (exact) mass is 482 g/mol. The van der Waals surface area contributed by atoms with E-state index in [-0.39, 0.29) is 11.8 Å². The van der Waals surface area contributed by atoms with Gasteiger partial charge in [-0.3, -0.25) is 9.59 Å². The summed E-state index contributed by atoms with van der Waals surface area (Å²) in [5.41, 5.74) is 3.29. The standard InChI is InChI=1S/C24H23BrN2O4/c1-16-5-3-4-6-20(16)24(29)27-19-10-8-18(9-11-19)26-23(28)17-7-12-22(21(25)15-17)31-14-13-30-2/h3-12,15H,13-14H2,1-2H3,(H,26,28)(H,27,29). The van der Waals surface area contributed by atoms with E-state index >= 15 is 0 Å². The Balaban J connectivity index is 1.60. The Bertz CT molecular complexity index is 1070. The molecule has 0 fully saturated rings. The minimum Gasteiger partial charge on any atom is -0.490 e. The summed E-state index contributed by atoms with van der Waals surface area (Å²) < 4.78 is 11.2. The van der Waals surface area contributed by atoms with Crippen molar-refractivity contribution < 1.29 is 19.1 Å². The van der Waals surface area contributed by atoms with Gasteiger partial charge < -0.3 is 20.1 Å². The number of carbonyl (C=O) groups is 2. The number of hydrogen-bond donors (Lipinski definition) is 2. The summed E-state index contributed by atoms with van der Waals surface area (Å²) in [6.07, 6.45) is 0. The third-order valence-electron chi connectivity index (χ3n) is 4.53. The van der Waals surface area contributed by atoms with Gasteiger partial charge in [-0.15, -0.1) is 0 Å². The molecular formula is C24H23BrN2O4. The van der Waals surface area contributed by atoms with Gasteiger partial charge in [0, 0.05) is 29.6 Å². The van der Waals surface area contributed by atoms with Crippen LogP contribution >= 0.6 is 15.9 Å². The van der Waals surface area contributed by atoms with Crippen LogP contribution in [-0.4, -0.2) is 32.1 Å². The molecule has 3 aromatic rings. The Hall–Kier alpha value is -3.16. The lowest BCUT2D eigenvalue weighted by Crippen LogP contribution is -2.14. The van der Waals surface area contributed by atoms with Crippen LogP contribution in [0.1, 0.15) is 26.3 Å². The molecule has 160 valence electrons. The molecular weight excluding hydrogens is 460 g/mol. The molecule has 0 atom stereocenters. The van der Waals surface area contributed by atoms with Crippen molar-refractivity contribution in [3.8, 4) is 5.75 Å². The maximum atomic E-state index is 12.6. The number of nitrogens with one attached hydrogen (secondary N) is 2. The number of hydrogen-bond acceptors (Lipinski definition) is 4. The smallest absolute Gasteiger partial charge is 0.255 e. The highest BCUT2D eigenvalue weighted by molar-refractivity contribution is 9.10. The van der Waals surface area contributed by atoms with Gasteiger partial charge >= 0.3 is 0 Å². The van der Waals surface area contributed by atoms with Crippen molar-refractivity contribution in [1.29, 1.82) is 0 Å². The van der Waals surface area contributed by atoms with Gasteiger partial charge in [0.1, 0.15) is 12.4 Å². The van der Waals surface area contributed by atoms with E-state index in [1.807, 2.05) is 25.1 Å². The van der Waals surface area contributed by atoms with Crippen LogP contribution in [0.2, 0.25) is 0 Å². The number of ether oxygens (including phenoxy) is 2. The molecule has 0 aromatic heterocycles. The molecule has 3 rings (SSSR count). The number of rotatable bonds is 8. The van der Waals surface area contributed by atoms with Gasteiger partial charge in [-0.05, 0) is 76.9 Å². The molecule has 0 aliphatic rings. The average Bonchev–Trinajstić information content (AvgIpc) is 2.76. The summed E-state index contributed by atoms with van der Waals surface area (Å²) in [5, 5.41) is 5.71. The number of benzene rings is 3. The first kappa shape index (κ1) is 22.5. The van der Waals surface area contributed by atoms with Crippen LogP contribution in [0.5, 0.6) is 5.75 Å². The van der Waals surface area contributed by atoms with Gasteiger partial charge in [-0.25, -0.2) is 0 Å². The fraction of sp³-hybridized carbons (Fsp3) is 0.167. The number of halogens is 1. The zero-order valence-corrected chi connectivity index (χ0v) is 18.9. The predicted octanol–water partition coefficient (Wildman–Crippen LogP) is 5.29. The lowest BCUT2D eigenvalue weighted by atomic mass is 10.1. The van der Waals surface area contributed by atoms with Crippen molar-refractivity contribution in [1.82, 2.24) is 0 Å². The van der Waals surface area contributed by atoms with Crippen molar-refractivity contribution in [3.63, 3.8) is 0 Å². The fourth-order valence-corrected chi connectivity index (χ4v) is 3.35. The number of aryl methyl sites for hydroxylation is 1. The van der Waals surface area contributed by atoms with Crippen LogP contribution < -0.4 is 15.4 Å². The van der Waals surface area contributed by atoms with E-state index in [9.17, 15) is 9.59 Å². The van der Waals surface area contributed by atoms with Gasteiger partial charge in [0.2, 0.25) is 0 Å². The van der Waals surface area contributed by atoms with Gasteiger partial charge in [0.05, 0.1) is 11.1 Å². The highest BCUT2D eigenvalue weighted by atomic mass is 79.9. The number of methoxy groups -OCH3 is 1. The molecule has 0 radical (unpaired) electrons. The summed E-state index contributed by atoms with van der Waals surface area (Å²) >= 11 is 3.42. The first-order chi connectivity index (χ1) is 15.0. The second kappa shape index (κ2) is 10.7. The zero-order valence-electron chi connectivity index (χ0n) is 17.3. The molecule has 0 aliphatic carbocycles. The van der Waals surface area contributed by atoms with E-state index in [4.69, 9.17) is 9.47 Å². The summed E-state index contributed by atoms with van der Waals surface area (Å²) in [7, 11) is 1.61. The van der Waals surface area contributed by atoms with Crippen LogP contribution in [0.15, 0.2) is 71.2 Å². The van der Waals surface area contributed by atoms with E-state index in [0.29, 0.717) is 45.9 Å². The van der Waals surface area contributed by atoms with Crippen molar-refractivity contribution in [2.45, 2.75) is 6.92 Å². The van der Waals surface area contributed by atoms with Crippen molar-refractivity contribution >= 4 is 39.1 Å². The molecule has 2 N–H and O–H groups in total. The first-order valence-electron chi connectivity index (χ1n) is 9.67. The largest absolute Gasteiger partial charge is 0.490 e.